The topological polar surface area (TPSA) is 0 Å². The fraction of sp³-hybridized carbons (Fsp3) is 0.950. The van der Waals surface area contributed by atoms with Gasteiger partial charge in [0.2, 0.25) is 0 Å². The molecule has 1 heteroatoms. The molecule has 0 aromatic carbocycles. The van der Waals surface area contributed by atoms with Crippen molar-refractivity contribution in [3.05, 3.63) is 20.8 Å². The first-order valence-corrected chi connectivity index (χ1v) is 29.1. The van der Waals surface area contributed by atoms with Crippen LogP contribution >= 0.6 is 0 Å². The molecule has 0 aliphatic carbocycles. The van der Waals surface area contributed by atoms with Crippen LogP contribution in [0.4, 0.5) is 0 Å². The maximum Gasteiger partial charge on any atom is 3.00 e. The number of hydrogen-bond acceptors (Lipinski definition) is 0. The van der Waals surface area contributed by atoms with E-state index in [0.717, 1.165) is 19.3 Å². The van der Waals surface area contributed by atoms with Gasteiger partial charge >= 0.3 is 17.4 Å². The molecule has 0 fully saturated rings. The molecule has 0 aliphatic heterocycles. The summed E-state index contributed by atoms with van der Waals surface area (Å²) in [5, 5.41) is 0. The van der Waals surface area contributed by atoms with Crippen molar-refractivity contribution in [2.24, 2.45) is 0 Å². The van der Waals surface area contributed by atoms with Crippen molar-refractivity contribution in [1.29, 1.82) is 0 Å². The van der Waals surface area contributed by atoms with Gasteiger partial charge in [0, 0.05) is 0 Å². The van der Waals surface area contributed by atoms with Crippen molar-refractivity contribution < 1.29 is 0 Å². The molecule has 0 nitrogen and oxygen atoms in total. The quantitative estimate of drug-likeness (QED) is 0.0325. The van der Waals surface area contributed by atoms with Crippen LogP contribution in [-0.4, -0.2) is 17.4 Å². The Morgan fingerprint density at radius 2 is 0.230 bits per heavy atom. The van der Waals surface area contributed by atoms with Crippen LogP contribution in [0.3, 0.4) is 0 Å². The molecule has 61 heavy (non-hydrogen) atoms. The minimum absolute atomic E-state index is 0. The van der Waals surface area contributed by atoms with E-state index in [1.165, 1.54) is 327 Å². The van der Waals surface area contributed by atoms with E-state index in [1.54, 1.807) is 0 Å². The molecule has 0 saturated heterocycles. The summed E-state index contributed by atoms with van der Waals surface area (Å²) in [7, 11) is 0. The molecule has 0 bridgehead atoms. The van der Waals surface area contributed by atoms with Crippen LogP contribution in [0.2, 0.25) is 0 Å². The van der Waals surface area contributed by atoms with Crippen molar-refractivity contribution in [3.63, 3.8) is 0 Å². The molecule has 366 valence electrons. The largest absolute Gasteiger partial charge is 3.00 e. The number of rotatable bonds is 51. The molecule has 0 radical (unpaired) electrons. The van der Waals surface area contributed by atoms with Gasteiger partial charge in [-0.1, -0.05) is 348 Å². The average Bonchev–Trinajstić information content (AvgIpc) is 3.26. The fourth-order valence-corrected chi connectivity index (χ4v) is 8.70. The standard InChI is InChI=1S/3C20H41.Al/c3*1-3-5-7-9-11-13-15-17-19-20-18-16-14-12-10-8-6-4-2;/h3*1,3-20H2,2H3;/q3*-1;+3. The van der Waals surface area contributed by atoms with E-state index in [9.17, 15) is 0 Å². The third-order valence-corrected chi connectivity index (χ3v) is 13.1. The van der Waals surface area contributed by atoms with E-state index in [-0.39, 0.29) is 17.4 Å². The number of unbranched alkanes of at least 4 members (excludes halogenated alkanes) is 51. The molecular weight excluding hydrogens is 748 g/mol. The first-order chi connectivity index (χ1) is 29.7. The van der Waals surface area contributed by atoms with Crippen molar-refractivity contribution in [1.82, 2.24) is 0 Å². The monoisotopic (exact) mass is 871 g/mol. The van der Waals surface area contributed by atoms with Crippen LogP contribution in [0.15, 0.2) is 0 Å². The summed E-state index contributed by atoms with van der Waals surface area (Å²) in [4.78, 5) is 0. The smallest absolute Gasteiger partial charge is 0.343 e. The van der Waals surface area contributed by atoms with Gasteiger partial charge in [0.05, 0.1) is 0 Å². The Kier molecular flexibility index (Phi) is 80.6. The van der Waals surface area contributed by atoms with Crippen LogP contribution in [0.5, 0.6) is 0 Å². The van der Waals surface area contributed by atoms with Gasteiger partial charge in [0.1, 0.15) is 0 Å². The van der Waals surface area contributed by atoms with Gasteiger partial charge in [-0.3, -0.25) is 0 Å². The predicted molar refractivity (Wildman–Crippen MR) is 288 cm³/mol. The van der Waals surface area contributed by atoms with E-state index in [2.05, 4.69) is 41.5 Å². The number of hydrogen-bond donors (Lipinski definition) is 0. The minimum atomic E-state index is 0. The molecule has 0 unspecified atom stereocenters. The second-order valence-corrected chi connectivity index (χ2v) is 19.5. The molecule has 0 heterocycles. The predicted octanol–water partition coefficient (Wildman–Crippen LogP) is 23.2. The zero-order chi connectivity index (χ0) is 44.2. The molecule has 0 atom stereocenters. The summed E-state index contributed by atoms with van der Waals surface area (Å²) < 4.78 is 0. The van der Waals surface area contributed by atoms with Gasteiger partial charge in [-0.2, -0.15) is 19.3 Å². The van der Waals surface area contributed by atoms with Gasteiger partial charge < -0.3 is 20.8 Å². The van der Waals surface area contributed by atoms with Crippen molar-refractivity contribution >= 4 is 17.4 Å². The van der Waals surface area contributed by atoms with Crippen LogP contribution in [0, 0.1) is 20.8 Å². The van der Waals surface area contributed by atoms with Crippen molar-refractivity contribution in [2.45, 2.75) is 367 Å². The van der Waals surface area contributed by atoms with Gasteiger partial charge in [-0.25, -0.2) is 0 Å². The first-order valence-electron chi connectivity index (χ1n) is 29.1. The van der Waals surface area contributed by atoms with Crippen molar-refractivity contribution in [2.75, 3.05) is 0 Å². The van der Waals surface area contributed by atoms with E-state index in [4.69, 9.17) is 0 Å². The van der Waals surface area contributed by atoms with Crippen LogP contribution < -0.4 is 0 Å². The van der Waals surface area contributed by atoms with Crippen LogP contribution in [-0.2, 0) is 0 Å². The molecule has 0 spiro atoms. The first kappa shape index (κ1) is 68.1. The normalized spacial score (nSPS) is 10.9. The summed E-state index contributed by atoms with van der Waals surface area (Å²) in [6.07, 6.45) is 77.4. The summed E-state index contributed by atoms with van der Waals surface area (Å²) in [6, 6.07) is 0. The van der Waals surface area contributed by atoms with Crippen molar-refractivity contribution in [3.8, 4) is 0 Å². The van der Waals surface area contributed by atoms with E-state index in [1.807, 2.05) is 0 Å². The SMILES string of the molecule is [Al+3].[CH2-]CCCCCCCCCCCCCCCCCCC.[CH2-]CCCCCCCCCCCCCCCCCCC.[CH2-]CCCCCCCCCCCCCCCCCCC. The maximum absolute atomic E-state index is 3.89. The summed E-state index contributed by atoms with van der Waals surface area (Å²) in [5.41, 5.74) is 0. The molecular formula is C60H123Al. The average molecular weight is 872 g/mol. The third kappa shape index (κ3) is 78.1. The Labute approximate surface area is 403 Å². The summed E-state index contributed by atoms with van der Waals surface area (Å²) in [5.74, 6) is 0. The summed E-state index contributed by atoms with van der Waals surface area (Å²) >= 11 is 0. The fourth-order valence-electron chi connectivity index (χ4n) is 8.70. The minimum Gasteiger partial charge on any atom is -0.343 e. The Balaban J connectivity index is -0.000000396. The van der Waals surface area contributed by atoms with Gasteiger partial charge in [0.15, 0.2) is 0 Å². The molecule has 0 amide bonds. The zero-order valence-electron chi connectivity index (χ0n) is 43.9. The molecule has 0 saturated carbocycles. The Hall–Kier alpha value is 0.532. The molecule has 0 aromatic heterocycles. The molecule has 0 aliphatic rings. The van der Waals surface area contributed by atoms with Gasteiger partial charge in [0.25, 0.3) is 0 Å². The van der Waals surface area contributed by atoms with E-state index >= 15 is 0 Å². The molecule has 0 aromatic rings. The van der Waals surface area contributed by atoms with Crippen LogP contribution in [0.1, 0.15) is 367 Å². The van der Waals surface area contributed by atoms with E-state index < -0.39 is 0 Å². The maximum atomic E-state index is 3.89. The van der Waals surface area contributed by atoms with E-state index in [0.29, 0.717) is 0 Å². The zero-order valence-corrected chi connectivity index (χ0v) is 45.0. The summed E-state index contributed by atoms with van der Waals surface area (Å²) in [6.45, 7) is 18.6. The Morgan fingerprint density at radius 3 is 0.311 bits per heavy atom. The molecule has 0 rings (SSSR count). The molecule has 0 N–H and O–H groups in total. The third-order valence-electron chi connectivity index (χ3n) is 13.1. The second-order valence-electron chi connectivity index (χ2n) is 19.5. The van der Waals surface area contributed by atoms with Gasteiger partial charge in [-0.15, -0.1) is 0 Å². The van der Waals surface area contributed by atoms with Crippen LogP contribution in [0.25, 0.3) is 0 Å². The second kappa shape index (κ2) is 72.1. The Bertz CT molecular complexity index is 489. The van der Waals surface area contributed by atoms with Gasteiger partial charge in [-0.05, 0) is 0 Å². The Morgan fingerprint density at radius 1 is 0.148 bits per heavy atom.